The van der Waals surface area contributed by atoms with Crippen molar-refractivity contribution in [1.29, 1.82) is 0 Å². The van der Waals surface area contributed by atoms with Crippen LogP contribution in [0.3, 0.4) is 0 Å². The second-order valence-corrected chi connectivity index (χ2v) is 4.63. The molecule has 0 fully saturated rings. The summed E-state index contributed by atoms with van der Waals surface area (Å²) in [5.41, 5.74) is 0.543. The smallest absolute Gasteiger partial charge is 0.399 e. The van der Waals surface area contributed by atoms with Crippen molar-refractivity contribution in [2.24, 2.45) is 0 Å². The topological polar surface area (TPSA) is 94.1 Å². The molecule has 3 aromatic rings. The highest BCUT2D eigenvalue weighted by atomic mass is 32.1. The molecule has 20 heavy (non-hydrogen) atoms. The zero-order chi connectivity index (χ0) is 13.9. The van der Waals surface area contributed by atoms with E-state index in [-0.39, 0.29) is 5.88 Å². The summed E-state index contributed by atoms with van der Waals surface area (Å²) in [5, 5.41) is 16.0. The average Bonchev–Trinajstić information content (AvgIpc) is 3.08. The molecule has 0 saturated carbocycles. The van der Waals surface area contributed by atoms with Gasteiger partial charge in [0.2, 0.25) is 0 Å². The zero-order valence-electron chi connectivity index (χ0n) is 10.0. The summed E-state index contributed by atoms with van der Waals surface area (Å²) in [6.07, 6.45) is 1.67. The van der Waals surface area contributed by atoms with Gasteiger partial charge in [-0.15, -0.1) is 11.3 Å². The maximum Gasteiger partial charge on any atom is 0.433 e. The minimum Gasteiger partial charge on any atom is -0.399 e. The van der Waals surface area contributed by atoms with E-state index in [1.807, 2.05) is 18.2 Å². The highest BCUT2D eigenvalue weighted by Crippen LogP contribution is 2.29. The van der Waals surface area contributed by atoms with Crippen LogP contribution in [0.2, 0.25) is 0 Å². The summed E-state index contributed by atoms with van der Waals surface area (Å²) in [4.78, 5) is 18.4. The molecule has 3 heterocycles. The van der Waals surface area contributed by atoms with Crippen LogP contribution in [0.25, 0.3) is 11.5 Å². The average molecular weight is 288 g/mol. The molecule has 3 aromatic heterocycles. The second-order valence-electron chi connectivity index (χ2n) is 3.77. The molecule has 7 nitrogen and oxygen atoms in total. The van der Waals surface area contributed by atoms with Crippen LogP contribution in [-0.4, -0.2) is 14.9 Å². The maximum absolute atomic E-state index is 10.6. The summed E-state index contributed by atoms with van der Waals surface area (Å²) in [6, 6.07) is 8.33. The highest BCUT2D eigenvalue weighted by Gasteiger charge is 2.15. The first-order chi connectivity index (χ1) is 9.72. The van der Waals surface area contributed by atoms with E-state index in [1.54, 1.807) is 11.6 Å². The van der Waals surface area contributed by atoms with Crippen molar-refractivity contribution >= 4 is 28.2 Å². The Hall–Kier alpha value is -2.74. The van der Waals surface area contributed by atoms with Crippen LogP contribution < -0.4 is 5.32 Å². The number of aromatic nitrogens is 2. The van der Waals surface area contributed by atoms with Crippen molar-refractivity contribution in [2.45, 2.75) is 0 Å². The molecular weight excluding hydrogens is 280 g/mol. The third kappa shape index (κ3) is 2.50. The Labute approximate surface area is 117 Å². The Bertz CT molecular complexity index is 738. The van der Waals surface area contributed by atoms with Crippen molar-refractivity contribution in [1.82, 2.24) is 9.97 Å². The molecule has 3 rings (SSSR count). The van der Waals surface area contributed by atoms with Gasteiger partial charge in [-0.05, 0) is 18.2 Å². The zero-order valence-corrected chi connectivity index (χ0v) is 10.8. The molecule has 0 aliphatic heterocycles. The number of hydrogen-bond acceptors (Lipinski definition) is 7. The van der Waals surface area contributed by atoms with Crippen molar-refractivity contribution < 1.29 is 9.34 Å². The van der Waals surface area contributed by atoms with Crippen molar-refractivity contribution in [3.63, 3.8) is 0 Å². The molecule has 0 spiro atoms. The van der Waals surface area contributed by atoms with E-state index in [0.717, 1.165) is 0 Å². The van der Waals surface area contributed by atoms with E-state index >= 15 is 0 Å². The van der Waals surface area contributed by atoms with Crippen LogP contribution in [0.15, 0.2) is 46.3 Å². The fourth-order valence-corrected chi connectivity index (χ4v) is 2.26. The van der Waals surface area contributed by atoms with Crippen LogP contribution in [0.1, 0.15) is 0 Å². The number of pyridine rings is 1. The van der Waals surface area contributed by atoms with E-state index in [9.17, 15) is 10.1 Å². The monoisotopic (exact) mass is 288 g/mol. The van der Waals surface area contributed by atoms with Gasteiger partial charge in [-0.1, -0.05) is 6.07 Å². The second kappa shape index (κ2) is 5.10. The summed E-state index contributed by atoms with van der Waals surface area (Å²) >= 11 is 1.36. The van der Waals surface area contributed by atoms with Gasteiger partial charge in [0.15, 0.2) is 10.9 Å². The van der Waals surface area contributed by atoms with E-state index in [2.05, 4.69) is 15.3 Å². The molecule has 0 radical (unpaired) electrons. The number of rotatable bonds is 4. The van der Waals surface area contributed by atoms with Gasteiger partial charge in [0, 0.05) is 11.6 Å². The van der Waals surface area contributed by atoms with Gasteiger partial charge in [0.25, 0.3) is 0 Å². The van der Waals surface area contributed by atoms with Gasteiger partial charge in [0.05, 0.1) is 6.07 Å². The lowest BCUT2D eigenvalue weighted by molar-refractivity contribution is -0.401. The quantitative estimate of drug-likeness (QED) is 0.583. The Morgan fingerprint density at radius 3 is 2.90 bits per heavy atom. The Morgan fingerprint density at radius 1 is 1.30 bits per heavy atom. The van der Waals surface area contributed by atoms with Crippen LogP contribution in [0.5, 0.6) is 0 Å². The minimum absolute atomic E-state index is 0.299. The number of furan rings is 1. The molecule has 0 aliphatic carbocycles. The third-order valence-electron chi connectivity index (χ3n) is 2.43. The maximum atomic E-state index is 10.6. The van der Waals surface area contributed by atoms with Crippen molar-refractivity contribution in [3.05, 3.63) is 52.0 Å². The molecule has 1 N–H and O–H groups in total. The lowest BCUT2D eigenvalue weighted by Crippen LogP contribution is -1.91. The number of hydrogen-bond donors (Lipinski definition) is 1. The van der Waals surface area contributed by atoms with Gasteiger partial charge >= 0.3 is 5.88 Å². The molecule has 0 aliphatic rings. The minimum atomic E-state index is -0.580. The largest absolute Gasteiger partial charge is 0.433 e. The molecule has 0 bridgehead atoms. The fraction of sp³-hybridized carbons (Fsp3) is 0. The molecule has 8 heteroatoms. The summed E-state index contributed by atoms with van der Waals surface area (Å²) < 4.78 is 5.10. The number of nitro groups is 1. The molecule has 0 unspecified atom stereocenters. The van der Waals surface area contributed by atoms with Crippen LogP contribution >= 0.6 is 11.3 Å². The Balaban J connectivity index is 1.81. The first-order valence-corrected chi connectivity index (χ1v) is 6.48. The van der Waals surface area contributed by atoms with Crippen molar-refractivity contribution in [3.8, 4) is 11.5 Å². The van der Waals surface area contributed by atoms with Gasteiger partial charge < -0.3 is 9.73 Å². The standard InChI is InChI=1S/C12H8N4O3S/c17-16(18)11-5-4-9(19-11)8-7-20-12(14-8)15-10-3-1-2-6-13-10/h1-7H,(H,13,14,15). The van der Waals surface area contributed by atoms with Gasteiger partial charge in [-0.25, -0.2) is 9.97 Å². The van der Waals surface area contributed by atoms with E-state index in [1.165, 1.54) is 23.5 Å². The lowest BCUT2D eigenvalue weighted by atomic mass is 10.4. The SMILES string of the molecule is O=[N+]([O-])c1ccc(-c2csc(Nc3ccccn3)n2)o1. The fourth-order valence-electron chi connectivity index (χ4n) is 1.55. The first kappa shape index (κ1) is 12.3. The number of nitrogens with zero attached hydrogens (tertiary/aromatic N) is 3. The van der Waals surface area contributed by atoms with Crippen molar-refractivity contribution in [2.75, 3.05) is 5.32 Å². The van der Waals surface area contributed by atoms with Gasteiger partial charge in [0.1, 0.15) is 16.4 Å². The van der Waals surface area contributed by atoms with Gasteiger partial charge in [-0.3, -0.25) is 10.1 Å². The van der Waals surface area contributed by atoms with E-state index < -0.39 is 4.92 Å². The van der Waals surface area contributed by atoms with Crippen LogP contribution in [0.4, 0.5) is 16.8 Å². The molecule has 0 amide bonds. The predicted octanol–water partition coefficient (Wildman–Crippen LogP) is 3.45. The number of anilines is 2. The predicted molar refractivity (Wildman–Crippen MR) is 74.0 cm³/mol. The summed E-state index contributed by atoms with van der Waals surface area (Å²) in [7, 11) is 0. The van der Waals surface area contributed by atoms with Crippen LogP contribution in [-0.2, 0) is 0 Å². The van der Waals surface area contributed by atoms with E-state index in [0.29, 0.717) is 22.4 Å². The lowest BCUT2D eigenvalue weighted by Gasteiger charge is -1.99. The third-order valence-corrected chi connectivity index (χ3v) is 3.19. The number of thiazole rings is 1. The molecule has 0 saturated heterocycles. The first-order valence-electron chi connectivity index (χ1n) is 5.60. The highest BCUT2D eigenvalue weighted by molar-refractivity contribution is 7.14. The normalized spacial score (nSPS) is 10.4. The number of nitrogens with one attached hydrogen (secondary N) is 1. The molecule has 100 valence electrons. The molecule has 0 aromatic carbocycles. The van der Waals surface area contributed by atoms with E-state index in [4.69, 9.17) is 4.42 Å². The Morgan fingerprint density at radius 2 is 2.20 bits per heavy atom. The van der Waals surface area contributed by atoms with Gasteiger partial charge in [-0.2, -0.15) is 0 Å². The molecular formula is C12H8N4O3S. The summed E-state index contributed by atoms with van der Waals surface area (Å²) in [5.74, 6) is 0.744. The summed E-state index contributed by atoms with van der Waals surface area (Å²) in [6.45, 7) is 0. The molecule has 0 atom stereocenters. The Kier molecular flexibility index (Phi) is 3.13. The van der Waals surface area contributed by atoms with Crippen LogP contribution in [0, 0.1) is 10.1 Å².